The Labute approximate surface area is 121 Å². The Bertz CT molecular complexity index is 709. The predicted molar refractivity (Wildman–Crippen MR) is 75.3 cm³/mol. The van der Waals surface area contributed by atoms with Gasteiger partial charge in [-0.15, -0.1) is 0 Å². The highest BCUT2D eigenvalue weighted by Crippen LogP contribution is 2.19. The smallest absolute Gasteiger partial charge is 0.263 e. The fourth-order valence-corrected chi connectivity index (χ4v) is 2.82. The van der Waals surface area contributed by atoms with E-state index in [4.69, 9.17) is 0 Å². The monoisotopic (exact) mass is 315 g/mol. The third-order valence-corrected chi connectivity index (χ3v) is 4.07. The first-order valence-electron chi connectivity index (χ1n) is 6.27. The molecule has 0 radical (unpaired) electrons. The van der Waals surface area contributed by atoms with Gasteiger partial charge in [-0.1, -0.05) is 6.92 Å². The largest absolute Gasteiger partial charge is 0.363 e. The molecule has 0 bridgehead atoms. The number of aromatic amines is 1. The fraction of sp³-hybridized carbons (Fsp3) is 0.231. The lowest BCUT2D eigenvalue weighted by Gasteiger charge is -2.06. The van der Waals surface area contributed by atoms with Gasteiger partial charge in [-0.2, -0.15) is 0 Å². The molecular weight excluding hydrogens is 300 g/mol. The van der Waals surface area contributed by atoms with Crippen LogP contribution in [0.1, 0.15) is 12.6 Å². The Morgan fingerprint density at radius 1 is 1.14 bits per heavy atom. The maximum Gasteiger partial charge on any atom is 0.263 e. The predicted octanol–water partition coefficient (Wildman–Crippen LogP) is 2.20. The minimum Gasteiger partial charge on any atom is -0.363 e. The molecule has 0 amide bonds. The number of hydrogen-bond donors (Lipinski definition) is 3. The normalized spacial score (nSPS) is 11.6. The Kier molecular flexibility index (Phi) is 4.59. The van der Waals surface area contributed by atoms with Crippen LogP contribution >= 0.6 is 0 Å². The van der Waals surface area contributed by atoms with Gasteiger partial charge in [0, 0.05) is 24.5 Å². The summed E-state index contributed by atoms with van der Waals surface area (Å²) in [5.41, 5.74) is 0.532. The average molecular weight is 315 g/mol. The molecule has 0 saturated heterocycles. The summed E-state index contributed by atoms with van der Waals surface area (Å²) >= 11 is 0. The summed E-state index contributed by atoms with van der Waals surface area (Å²) in [5.74, 6) is -1.70. The van der Waals surface area contributed by atoms with Crippen molar-refractivity contribution < 1.29 is 17.2 Å². The Balaban J connectivity index is 2.19. The standard InChI is InChI=1S/C13H15F2N3O2S/c1-2-16-7-12-6-13(8-17-12)21(19,20)18-11-4-9(14)3-10(15)5-11/h3-6,8,16-18H,2,7H2,1H3. The zero-order valence-corrected chi connectivity index (χ0v) is 12.1. The van der Waals surface area contributed by atoms with E-state index in [1.807, 2.05) is 6.92 Å². The fourth-order valence-electron chi connectivity index (χ4n) is 1.76. The summed E-state index contributed by atoms with van der Waals surface area (Å²) in [4.78, 5) is 2.83. The molecule has 3 N–H and O–H groups in total. The molecule has 0 saturated carbocycles. The van der Waals surface area contributed by atoms with Gasteiger partial charge in [0.05, 0.1) is 5.69 Å². The van der Waals surface area contributed by atoms with E-state index in [-0.39, 0.29) is 10.6 Å². The van der Waals surface area contributed by atoms with Crippen LogP contribution in [0.15, 0.2) is 35.4 Å². The lowest BCUT2D eigenvalue weighted by Crippen LogP contribution is -2.13. The number of sulfonamides is 1. The second-order valence-corrected chi connectivity index (χ2v) is 6.09. The van der Waals surface area contributed by atoms with E-state index in [1.165, 1.54) is 12.3 Å². The van der Waals surface area contributed by atoms with E-state index in [0.29, 0.717) is 18.3 Å². The molecule has 1 aromatic heterocycles. The minimum atomic E-state index is -3.89. The highest BCUT2D eigenvalue weighted by atomic mass is 32.2. The molecule has 2 rings (SSSR count). The molecule has 5 nitrogen and oxygen atoms in total. The van der Waals surface area contributed by atoms with Crippen LogP contribution in [-0.4, -0.2) is 19.9 Å². The topological polar surface area (TPSA) is 74.0 Å². The van der Waals surface area contributed by atoms with Crippen molar-refractivity contribution in [3.63, 3.8) is 0 Å². The molecule has 114 valence electrons. The third-order valence-electron chi connectivity index (χ3n) is 2.71. The lowest BCUT2D eigenvalue weighted by molar-refractivity contribution is 0.584. The van der Waals surface area contributed by atoms with Crippen molar-refractivity contribution in [3.8, 4) is 0 Å². The van der Waals surface area contributed by atoms with Crippen molar-refractivity contribution in [2.24, 2.45) is 0 Å². The minimum absolute atomic E-state index is 0.0000671. The number of aromatic nitrogens is 1. The zero-order chi connectivity index (χ0) is 15.5. The van der Waals surface area contributed by atoms with E-state index in [2.05, 4.69) is 15.0 Å². The molecule has 0 unspecified atom stereocenters. The Hall–Kier alpha value is -1.93. The van der Waals surface area contributed by atoms with Gasteiger partial charge in [0.1, 0.15) is 16.5 Å². The summed E-state index contributed by atoms with van der Waals surface area (Å²) in [6, 6.07) is 3.95. The Morgan fingerprint density at radius 2 is 1.81 bits per heavy atom. The average Bonchev–Trinajstić information content (AvgIpc) is 2.84. The molecule has 2 aromatic rings. The number of benzene rings is 1. The van der Waals surface area contributed by atoms with Gasteiger partial charge in [-0.05, 0) is 24.7 Å². The molecule has 1 heterocycles. The summed E-state index contributed by atoms with van der Waals surface area (Å²) in [7, 11) is -3.89. The van der Waals surface area contributed by atoms with Crippen molar-refractivity contribution in [2.45, 2.75) is 18.4 Å². The van der Waals surface area contributed by atoms with Gasteiger partial charge in [-0.3, -0.25) is 4.72 Å². The van der Waals surface area contributed by atoms with Crippen LogP contribution in [-0.2, 0) is 16.6 Å². The van der Waals surface area contributed by atoms with Crippen LogP contribution in [0.5, 0.6) is 0 Å². The third kappa shape index (κ3) is 4.02. The van der Waals surface area contributed by atoms with Crippen LogP contribution in [0.3, 0.4) is 0 Å². The first kappa shape index (κ1) is 15.5. The molecule has 0 spiro atoms. The van der Waals surface area contributed by atoms with Crippen molar-refractivity contribution in [3.05, 3.63) is 47.8 Å². The Morgan fingerprint density at radius 3 is 2.43 bits per heavy atom. The second kappa shape index (κ2) is 6.23. The van der Waals surface area contributed by atoms with Gasteiger partial charge >= 0.3 is 0 Å². The van der Waals surface area contributed by atoms with E-state index in [9.17, 15) is 17.2 Å². The molecule has 0 fully saturated rings. The van der Waals surface area contributed by atoms with E-state index >= 15 is 0 Å². The molecule has 0 aliphatic carbocycles. The van der Waals surface area contributed by atoms with Gasteiger partial charge in [0.25, 0.3) is 10.0 Å². The number of nitrogens with one attached hydrogen (secondary N) is 3. The molecular formula is C13H15F2N3O2S. The summed E-state index contributed by atoms with van der Waals surface area (Å²) in [6.07, 6.45) is 1.32. The summed E-state index contributed by atoms with van der Waals surface area (Å²) in [6.45, 7) is 3.18. The quantitative estimate of drug-likeness (QED) is 0.765. The van der Waals surface area contributed by atoms with Crippen LogP contribution in [0, 0.1) is 11.6 Å². The summed E-state index contributed by atoms with van der Waals surface area (Å²) in [5, 5.41) is 3.05. The molecule has 0 atom stereocenters. The maximum absolute atomic E-state index is 13.1. The van der Waals surface area contributed by atoms with Gasteiger partial charge in [-0.25, -0.2) is 17.2 Å². The van der Waals surface area contributed by atoms with Crippen molar-refractivity contribution in [1.29, 1.82) is 0 Å². The maximum atomic E-state index is 13.1. The SMILES string of the molecule is CCNCc1cc(S(=O)(=O)Nc2cc(F)cc(F)c2)c[nH]1. The number of H-pyrrole nitrogens is 1. The number of anilines is 1. The first-order valence-corrected chi connectivity index (χ1v) is 7.76. The van der Waals surface area contributed by atoms with Gasteiger partial charge in [0.2, 0.25) is 0 Å². The number of hydrogen-bond acceptors (Lipinski definition) is 3. The van der Waals surface area contributed by atoms with Gasteiger partial charge < -0.3 is 10.3 Å². The highest BCUT2D eigenvalue weighted by molar-refractivity contribution is 7.92. The number of rotatable bonds is 6. The van der Waals surface area contributed by atoms with Crippen LogP contribution in [0.2, 0.25) is 0 Å². The van der Waals surface area contributed by atoms with Gasteiger partial charge in [0.15, 0.2) is 0 Å². The molecule has 8 heteroatoms. The second-order valence-electron chi connectivity index (χ2n) is 4.40. The van der Waals surface area contributed by atoms with Crippen LogP contribution in [0.4, 0.5) is 14.5 Å². The first-order chi connectivity index (χ1) is 9.90. The van der Waals surface area contributed by atoms with E-state index in [1.54, 1.807) is 0 Å². The summed E-state index contributed by atoms with van der Waals surface area (Å²) < 4.78 is 52.5. The van der Waals surface area contributed by atoms with Crippen LogP contribution in [0.25, 0.3) is 0 Å². The van der Waals surface area contributed by atoms with E-state index < -0.39 is 21.7 Å². The molecule has 0 aliphatic rings. The van der Waals surface area contributed by atoms with Crippen LogP contribution < -0.4 is 10.0 Å². The van der Waals surface area contributed by atoms with E-state index in [0.717, 1.165) is 18.7 Å². The number of halogens is 2. The van der Waals surface area contributed by atoms with Crippen molar-refractivity contribution in [1.82, 2.24) is 10.3 Å². The lowest BCUT2D eigenvalue weighted by atomic mass is 10.3. The van der Waals surface area contributed by atoms with Crippen molar-refractivity contribution in [2.75, 3.05) is 11.3 Å². The molecule has 1 aromatic carbocycles. The molecule has 0 aliphatic heterocycles. The zero-order valence-electron chi connectivity index (χ0n) is 11.3. The highest BCUT2D eigenvalue weighted by Gasteiger charge is 2.17. The van der Waals surface area contributed by atoms with Crippen molar-refractivity contribution >= 4 is 15.7 Å². The molecule has 21 heavy (non-hydrogen) atoms.